The van der Waals surface area contributed by atoms with Gasteiger partial charge in [0.25, 0.3) is 0 Å². The van der Waals surface area contributed by atoms with E-state index in [0.717, 1.165) is 19.7 Å². The summed E-state index contributed by atoms with van der Waals surface area (Å²) in [6, 6.07) is 0.565. The highest BCUT2D eigenvalue weighted by Crippen LogP contribution is 2.22. The van der Waals surface area contributed by atoms with Crippen molar-refractivity contribution in [3.63, 3.8) is 0 Å². The highest BCUT2D eigenvalue weighted by molar-refractivity contribution is 14.0. The number of halogens is 4. The summed E-state index contributed by atoms with van der Waals surface area (Å²) in [6.45, 7) is 3.51. The van der Waals surface area contributed by atoms with Crippen molar-refractivity contribution in [1.82, 2.24) is 20.4 Å². The standard InChI is InChI=1S/C16H28F3N5O.HI/c1-20-15(22-12-4-6-23(8-12)11-16(17,18)19)21-7-14-9-24-5-2-3-13(24)10-25-14;/h12-14H,2-11H2,1H3,(H2,20,21,22);1H. The van der Waals surface area contributed by atoms with Crippen LogP contribution < -0.4 is 10.6 Å². The molecular weight excluding hydrogens is 462 g/mol. The van der Waals surface area contributed by atoms with Crippen molar-refractivity contribution < 1.29 is 17.9 Å². The fourth-order valence-corrected chi connectivity index (χ4v) is 3.96. The second kappa shape index (κ2) is 9.74. The van der Waals surface area contributed by atoms with E-state index in [1.54, 1.807) is 7.05 Å². The van der Waals surface area contributed by atoms with Gasteiger partial charge in [0.1, 0.15) is 0 Å². The Morgan fingerprint density at radius 2 is 2.04 bits per heavy atom. The summed E-state index contributed by atoms with van der Waals surface area (Å²) in [4.78, 5) is 8.10. The molecule has 0 amide bonds. The molecule has 3 rings (SSSR count). The summed E-state index contributed by atoms with van der Waals surface area (Å²) >= 11 is 0. The molecule has 3 aliphatic heterocycles. The Morgan fingerprint density at radius 3 is 2.77 bits per heavy atom. The molecule has 3 aliphatic rings. The lowest BCUT2D eigenvalue weighted by molar-refractivity contribution is -0.143. The van der Waals surface area contributed by atoms with Gasteiger partial charge in [0.2, 0.25) is 0 Å². The smallest absolute Gasteiger partial charge is 0.373 e. The van der Waals surface area contributed by atoms with E-state index in [1.165, 1.54) is 17.7 Å². The maximum absolute atomic E-state index is 12.5. The van der Waals surface area contributed by atoms with E-state index in [-0.39, 0.29) is 36.1 Å². The molecule has 0 aliphatic carbocycles. The number of alkyl halides is 3. The normalized spacial score (nSPS) is 30.8. The van der Waals surface area contributed by atoms with Crippen LogP contribution in [0.2, 0.25) is 0 Å². The van der Waals surface area contributed by atoms with Crippen LogP contribution in [-0.2, 0) is 4.74 Å². The Hall–Kier alpha value is -0.330. The average molecular weight is 491 g/mol. The van der Waals surface area contributed by atoms with Crippen LogP contribution >= 0.6 is 24.0 Å². The van der Waals surface area contributed by atoms with Crippen LogP contribution in [0.15, 0.2) is 4.99 Å². The fraction of sp³-hybridized carbons (Fsp3) is 0.938. The minimum atomic E-state index is -4.14. The quantitative estimate of drug-likeness (QED) is 0.353. The monoisotopic (exact) mass is 491 g/mol. The minimum Gasteiger partial charge on any atom is -0.373 e. The first-order valence-electron chi connectivity index (χ1n) is 9.05. The summed E-state index contributed by atoms with van der Waals surface area (Å²) in [5.74, 6) is 0.631. The Kier molecular flexibility index (Phi) is 8.23. The molecule has 0 radical (unpaired) electrons. The molecule has 0 saturated carbocycles. The Bertz CT molecular complexity index is 479. The zero-order valence-electron chi connectivity index (χ0n) is 15.1. The van der Waals surface area contributed by atoms with E-state index < -0.39 is 12.7 Å². The van der Waals surface area contributed by atoms with Crippen molar-refractivity contribution in [2.75, 3.05) is 52.9 Å². The van der Waals surface area contributed by atoms with Gasteiger partial charge in [0.05, 0.1) is 19.3 Å². The van der Waals surface area contributed by atoms with E-state index in [9.17, 15) is 13.2 Å². The predicted octanol–water partition coefficient (Wildman–Crippen LogP) is 1.27. The molecule has 10 heteroatoms. The van der Waals surface area contributed by atoms with Crippen molar-refractivity contribution in [1.29, 1.82) is 0 Å². The summed E-state index contributed by atoms with van der Waals surface area (Å²) in [6.07, 6.45) is -0.863. The van der Waals surface area contributed by atoms with Crippen molar-refractivity contribution in [2.24, 2.45) is 4.99 Å². The highest BCUT2D eigenvalue weighted by Gasteiger charge is 2.35. The second-order valence-electron chi connectivity index (χ2n) is 7.18. The third kappa shape index (κ3) is 6.38. The lowest BCUT2D eigenvalue weighted by Gasteiger charge is -2.35. The van der Waals surface area contributed by atoms with E-state index >= 15 is 0 Å². The molecular formula is C16H29F3IN5O. The number of hydrogen-bond donors (Lipinski definition) is 2. The van der Waals surface area contributed by atoms with Gasteiger partial charge in [0.15, 0.2) is 5.96 Å². The van der Waals surface area contributed by atoms with Gasteiger partial charge in [-0.05, 0) is 25.8 Å². The molecule has 3 heterocycles. The zero-order chi connectivity index (χ0) is 17.9. The van der Waals surface area contributed by atoms with Crippen LogP contribution in [0, 0.1) is 0 Å². The molecule has 0 aromatic carbocycles. The SMILES string of the molecule is CN=C(NCC1CN2CCCC2CO1)NC1CCN(CC(F)(F)F)C1.I. The van der Waals surface area contributed by atoms with Crippen molar-refractivity contribution in [3.05, 3.63) is 0 Å². The van der Waals surface area contributed by atoms with Gasteiger partial charge < -0.3 is 15.4 Å². The minimum absolute atomic E-state index is 0. The second-order valence-corrected chi connectivity index (χ2v) is 7.18. The molecule has 3 saturated heterocycles. The molecule has 3 atom stereocenters. The Labute approximate surface area is 169 Å². The van der Waals surface area contributed by atoms with Crippen molar-refractivity contribution in [2.45, 2.75) is 43.6 Å². The third-order valence-corrected chi connectivity index (χ3v) is 5.20. The van der Waals surface area contributed by atoms with Crippen LogP contribution in [0.4, 0.5) is 13.2 Å². The lowest BCUT2D eigenvalue weighted by atomic mass is 10.2. The first kappa shape index (κ1) is 22.0. The number of fused-ring (bicyclic) bond motifs is 1. The van der Waals surface area contributed by atoms with Gasteiger partial charge in [-0.25, -0.2) is 0 Å². The van der Waals surface area contributed by atoms with Crippen LogP contribution in [0.1, 0.15) is 19.3 Å². The number of nitrogens with zero attached hydrogens (tertiary/aromatic N) is 3. The average Bonchev–Trinajstić information content (AvgIpc) is 3.18. The molecule has 152 valence electrons. The summed E-state index contributed by atoms with van der Waals surface area (Å²) in [5.41, 5.74) is 0. The largest absolute Gasteiger partial charge is 0.401 e. The van der Waals surface area contributed by atoms with E-state index in [2.05, 4.69) is 20.5 Å². The third-order valence-electron chi connectivity index (χ3n) is 5.20. The number of morpholine rings is 1. The number of hydrogen-bond acceptors (Lipinski definition) is 4. The maximum atomic E-state index is 12.5. The van der Waals surface area contributed by atoms with Gasteiger partial charge >= 0.3 is 6.18 Å². The molecule has 0 spiro atoms. The molecule has 0 aromatic rings. The zero-order valence-corrected chi connectivity index (χ0v) is 17.4. The number of ether oxygens (including phenoxy) is 1. The van der Waals surface area contributed by atoms with Crippen molar-refractivity contribution >= 4 is 29.9 Å². The highest BCUT2D eigenvalue weighted by atomic mass is 127. The number of aliphatic imine (C=N–C) groups is 1. The van der Waals surface area contributed by atoms with Gasteiger partial charge in [-0.15, -0.1) is 24.0 Å². The lowest BCUT2D eigenvalue weighted by Crippen LogP contribution is -2.52. The molecule has 6 nitrogen and oxygen atoms in total. The van der Waals surface area contributed by atoms with E-state index in [4.69, 9.17) is 4.74 Å². The van der Waals surface area contributed by atoms with Crippen LogP contribution in [0.5, 0.6) is 0 Å². The maximum Gasteiger partial charge on any atom is 0.401 e. The van der Waals surface area contributed by atoms with E-state index in [0.29, 0.717) is 38.1 Å². The topological polar surface area (TPSA) is 52.1 Å². The molecule has 3 fully saturated rings. The van der Waals surface area contributed by atoms with Crippen molar-refractivity contribution in [3.8, 4) is 0 Å². The number of likely N-dealkylation sites (tertiary alicyclic amines) is 1. The molecule has 3 unspecified atom stereocenters. The predicted molar refractivity (Wildman–Crippen MR) is 105 cm³/mol. The van der Waals surface area contributed by atoms with Crippen LogP contribution in [0.25, 0.3) is 0 Å². The van der Waals surface area contributed by atoms with Crippen LogP contribution in [-0.4, -0.2) is 93.0 Å². The Morgan fingerprint density at radius 1 is 1.23 bits per heavy atom. The molecule has 0 bridgehead atoms. The summed E-state index contributed by atoms with van der Waals surface area (Å²) in [5, 5.41) is 6.48. The van der Waals surface area contributed by atoms with E-state index in [1.807, 2.05) is 0 Å². The molecule has 0 aromatic heterocycles. The van der Waals surface area contributed by atoms with Gasteiger partial charge in [-0.1, -0.05) is 0 Å². The van der Waals surface area contributed by atoms with Crippen LogP contribution in [0.3, 0.4) is 0 Å². The molecule has 2 N–H and O–H groups in total. The Balaban J connectivity index is 0.00000243. The number of guanidine groups is 1. The fourth-order valence-electron chi connectivity index (χ4n) is 3.96. The van der Waals surface area contributed by atoms with Gasteiger partial charge in [-0.2, -0.15) is 13.2 Å². The molecule has 26 heavy (non-hydrogen) atoms. The number of rotatable bonds is 4. The van der Waals surface area contributed by atoms with Gasteiger partial charge in [-0.3, -0.25) is 14.8 Å². The first-order chi connectivity index (χ1) is 11.9. The summed E-state index contributed by atoms with van der Waals surface area (Å²) in [7, 11) is 1.68. The summed E-state index contributed by atoms with van der Waals surface area (Å²) < 4.78 is 43.3. The first-order valence-corrected chi connectivity index (χ1v) is 9.05. The number of nitrogens with one attached hydrogen (secondary N) is 2. The van der Waals surface area contributed by atoms with Gasteiger partial charge in [0, 0.05) is 45.3 Å².